The first-order valence-corrected chi connectivity index (χ1v) is 5.76. The molecule has 0 bridgehead atoms. The standard InChI is InChI=1S/C13H13FN2O/c14-9-2-3-10-11(7-15-12(10)6-9)13(17)8-16-4-1-5-16/h2-3,6-7,15H,1,4-5,8H2. The lowest BCUT2D eigenvalue weighted by Gasteiger charge is -2.29. The number of carbonyl (C=O) groups is 1. The molecule has 2 aromatic rings. The molecule has 2 heterocycles. The van der Waals surface area contributed by atoms with E-state index in [2.05, 4.69) is 9.88 Å². The lowest BCUT2D eigenvalue weighted by molar-refractivity contribution is 0.0877. The molecule has 1 aromatic carbocycles. The van der Waals surface area contributed by atoms with E-state index in [1.54, 1.807) is 12.3 Å². The first kappa shape index (κ1) is 10.5. The third-order valence-corrected chi connectivity index (χ3v) is 3.26. The Morgan fingerprint density at radius 1 is 1.41 bits per heavy atom. The van der Waals surface area contributed by atoms with Crippen LogP contribution >= 0.6 is 0 Å². The summed E-state index contributed by atoms with van der Waals surface area (Å²) in [4.78, 5) is 17.1. The molecule has 1 fully saturated rings. The van der Waals surface area contributed by atoms with Crippen molar-refractivity contribution >= 4 is 16.7 Å². The molecule has 1 aliphatic rings. The van der Waals surface area contributed by atoms with E-state index >= 15 is 0 Å². The minimum absolute atomic E-state index is 0.0996. The van der Waals surface area contributed by atoms with Gasteiger partial charge in [0.25, 0.3) is 0 Å². The Morgan fingerprint density at radius 3 is 2.94 bits per heavy atom. The molecule has 88 valence electrons. The maximum Gasteiger partial charge on any atom is 0.178 e. The summed E-state index contributed by atoms with van der Waals surface area (Å²) in [5, 5.41) is 0.803. The summed E-state index contributed by atoms with van der Waals surface area (Å²) in [6, 6.07) is 4.46. The molecule has 0 saturated carbocycles. The van der Waals surface area contributed by atoms with Gasteiger partial charge >= 0.3 is 0 Å². The van der Waals surface area contributed by atoms with E-state index in [0.717, 1.165) is 18.5 Å². The van der Waals surface area contributed by atoms with Crippen molar-refractivity contribution in [1.29, 1.82) is 0 Å². The highest BCUT2D eigenvalue weighted by atomic mass is 19.1. The number of hydrogen-bond acceptors (Lipinski definition) is 2. The van der Waals surface area contributed by atoms with Gasteiger partial charge in [-0.25, -0.2) is 4.39 Å². The summed E-state index contributed by atoms with van der Waals surface area (Å²) >= 11 is 0. The number of nitrogens with one attached hydrogen (secondary N) is 1. The van der Waals surface area contributed by atoms with E-state index in [4.69, 9.17) is 0 Å². The highest BCUT2D eigenvalue weighted by Gasteiger charge is 2.20. The summed E-state index contributed by atoms with van der Waals surface area (Å²) in [6.07, 6.45) is 2.85. The highest BCUT2D eigenvalue weighted by molar-refractivity contribution is 6.08. The average Bonchev–Trinajstić information content (AvgIpc) is 2.66. The summed E-state index contributed by atoms with van der Waals surface area (Å²) in [5.41, 5.74) is 1.34. The lowest BCUT2D eigenvalue weighted by atomic mass is 10.1. The van der Waals surface area contributed by atoms with Crippen LogP contribution < -0.4 is 0 Å². The van der Waals surface area contributed by atoms with Gasteiger partial charge in [-0.05, 0) is 37.7 Å². The maximum atomic E-state index is 13.0. The van der Waals surface area contributed by atoms with Crippen molar-refractivity contribution in [3.05, 3.63) is 35.8 Å². The van der Waals surface area contributed by atoms with Crippen LogP contribution in [-0.4, -0.2) is 35.3 Å². The third kappa shape index (κ3) is 1.85. The second-order valence-electron chi connectivity index (χ2n) is 4.45. The van der Waals surface area contributed by atoms with Crippen LogP contribution in [0.3, 0.4) is 0 Å². The summed E-state index contributed by atoms with van der Waals surface area (Å²) in [6.45, 7) is 2.47. The second kappa shape index (κ2) is 3.96. The van der Waals surface area contributed by atoms with Gasteiger partial charge in [-0.2, -0.15) is 0 Å². The van der Waals surface area contributed by atoms with Gasteiger partial charge in [-0.1, -0.05) is 0 Å². The van der Waals surface area contributed by atoms with Crippen LogP contribution in [-0.2, 0) is 0 Å². The van der Waals surface area contributed by atoms with Crippen molar-refractivity contribution in [3.8, 4) is 0 Å². The Kier molecular flexibility index (Phi) is 2.44. The molecule has 1 aliphatic heterocycles. The Hall–Kier alpha value is -1.68. The van der Waals surface area contributed by atoms with Gasteiger partial charge in [0.1, 0.15) is 5.82 Å². The number of rotatable bonds is 3. The van der Waals surface area contributed by atoms with Crippen LogP contribution in [0.1, 0.15) is 16.8 Å². The van der Waals surface area contributed by atoms with Gasteiger partial charge in [0.05, 0.1) is 6.54 Å². The predicted octanol–water partition coefficient (Wildman–Crippen LogP) is 2.20. The number of fused-ring (bicyclic) bond motifs is 1. The Labute approximate surface area is 98.2 Å². The zero-order valence-corrected chi connectivity index (χ0v) is 9.37. The second-order valence-corrected chi connectivity index (χ2v) is 4.45. The van der Waals surface area contributed by atoms with Crippen LogP contribution in [0.2, 0.25) is 0 Å². The van der Waals surface area contributed by atoms with E-state index < -0.39 is 0 Å². The number of benzene rings is 1. The fourth-order valence-electron chi connectivity index (χ4n) is 2.16. The minimum Gasteiger partial charge on any atom is -0.360 e. The molecule has 0 unspecified atom stereocenters. The molecule has 4 heteroatoms. The molecule has 3 nitrogen and oxygen atoms in total. The number of Topliss-reactive ketones (excluding diaryl/α,β-unsaturated/α-hetero) is 1. The number of carbonyl (C=O) groups excluding carboxylic acids is 1. The number of halogens is 1. The Balaban J connectivity index is 1.91. The number of H-pyrrole nitrogens is 1. The Bertz CT molecular complexity index is 572. The van der Waals surface area contributed by atoms with E-state index in [-0.39, 0.29) is 11.6 Å². The summed E-state index contributed by atoms with van der Waals surface area (Å²) in [5.74, 6) is -0.191. The molecule has 0 spiro atoms. The number of ketones is 1. The van der Waals surface area contributed by atoms with Crippen LogP contribution in [0.5, 0.6) is 0 Å². The van der Waals surface area contributed by atoms with Crippen LogP contribution in [0.4, 0.5) is 4.39 Å². The minimum atomic E-state index is -0.291. The fraction of sp³-hybridized carbons (Fsp3) is 0.308. The summed E-state index contributed by atoms with van der Waals surface area (Å²) < 4.78 is 13.0. The number of likely N-dealkylation sites (tertiary alicyclic amines) is 1. The molecule has 0 amide bonds. The van der Waals surface area contributed by atoms with E-state index in [0.29, 0.717) is 17.6 Å². The predicted molar refractivity (Wildman–Crippen MR) is 63.6 cm³/mol. The van der Waals surface area contributed by atoms with Crippen LogP contribution in [0.15, 0.2) is 24.4 Å². The molecule has 0 atom stereocenters. The smallest absolute Gasteiger partial charge is 0.178 e. The van der Waals surface area contributed by atoms with Gasteiger partial charge in [0.2, 0.25) is 0 Å². The average molecular weight is 232 g/mol. The number of aromatic amines is 1. The van der Waals surface area contributed by atoms with Crippen molar-refractivity contribution in [1.82, 2.24) is 9.88 Å². The van der Waals surface area contributed by atoms with Gasteiger partial charge in [-0.15, -0.1) is 0 Å². The van der Waals surface area contributed by atoms with Crippen molar-refractivity contribution < 1.29 is 9.18 Å². The van der Waals surface area contributed by atoms with Gasteiger partial charge in [0, 0.05) is 22.7 Å². The molecular weight excluding hydrogens is 219 g/mol. The van der Waals surface area contributed by atoms with E-state index in [1.165, 1.54) is 18.6 Å². The SMILES string of the molecule is O=C(CN1CCC1)c1c[nH]c2cc(F)ccc12. The molecular formula is C13H13FN2O. The summed E-state index contributed by atoms with van der Waals surface area (Å²) in [7, 11) is 0. The normalized spacial score (nSPS) is 16.1. The zero-order valence-electron chi connectivity index (χ0n) is 9.37. The van der Waals surface area contributed by atoms with E-state index in [9.17, 15) is 9.18 Å². The number of aromatic nitrogens is 1. The molecule has 0 aliphatic carbocycles. The Morgan fingerprint density at radius 2 is 2.24 bits per heavy atom. The van der Waals surface area contributed by atoms with Crippen molar-refractivity contribution in [2.45, 2.75) is 6.42 Å². The van der Waals surface area contributed by atoms with E-state index in [1.807, 2.05) is 0 Å². The third-order valence-electron chi connectivity index (χ3n) is 3.26. The largest absolute Gasteiger partial charge is 0.360 e. The van der Waals surface area contributed by atoms with Crippen molar-refractivity contribution in [2.24, 2.45) is 0 Å². The van der Waals surface area contributed by atoms with Gasteiger partial charge in [0.15, 0.2) is 5.78 Å². The quantitative estimate of drug-likeness (QED) is 0.823. The first-order valence-electron chi connectivity index (χ1n) is 5.76. The van der Waals surface area contributed by atoms with Crippen molar-refractivity contribution in [2.75, 3.05) is 19.6 Å². The van der Waals surface area contributed by atoms with Crippen molar-refractivity contribution in [3.63, 3.8) is 0 Å². The monoisotopic (exact) mass is 232 g/mol. The molecule has 17 heavy (non-hydrogen) atoms. The van der Waals surface area contributed by atoms with Crippen LogP contribution in [0.25, 0.3) is 10.9 Å². The molecule has 0 radical (unpaired) electrons. The molecule has 1 aromatic heterocycles. The fourth-order valence-corrected chi connectivity index (χ4v) is 2.16. The molecule has 1 N–H and O–H groups in total. The molecule has 3 rings (SSSR count). The van der Waals surface area contributed by atoms with Gasteiger partial charge in [-0.3, -0.25) is 9.69 Å². The number of nitrogens with zero attached hydrogens (tertiary/aromatic N) is 1. The lowest BCUT2D eigenvalue weighted by Crippen LogP contribution is -2.40. The van der Waals surface area contributed by atoms with Gasteiger partial charge < -0.3 is 4.98 Å². The maximum absolute atomic E-state index is 13.0. The topological polar surface area (TPSA) is 36.1 Å². The number of hydrogen-bond donors (Lipinski definition) is 1. The van der Waals surface area contributed by atoms with Crippen LogP contribution in [0, 0.1) is 5.82 Å². The first-order chi connectivity index (χ1) is 8.24. The zero-order chi connectivity index (χ0) is 11.8. The molecule has 1 saturated heterocycles. The highest BCUT2D eigenvalue weighted by Crippen LogP contribution is 2.20.